The monoisotopic (exact) mass is 460 g/mol. The molecule has 0 unspecified atom stereocenters. The molecule has 1 amide bonds. The van der Waals surface area contributed by atoms with Gasteiger partial charge in [0, 0.05) is 7.05 Å². The zero-order chi connectivity index (χ0) is 17.7. The Morgan fingerprint density at radius 3 is 2.42 bits per heavy atom. The van der Waals surface area contributed by atoms with Crippen LogP contribution >= 0.6 is 24.0 Å². The van der Waals surface area contributed by atoms with E-state index in [1.54, 1.807) is 13.8 Å². The van der Waals surface area contributed by atoms with E-state index in [0.717, 1.165) is 6.07 Å². The average molecular weight is 460 g/mol. The predicted octanol–water partition coefficient (Wildman–Crippen LogP) is 2.70. The summed E-state index contributed by atoms with van der Waals surface area (Å²) < 4.78 is 40.9. The van der Waals surface area contributed by atoms with E-state index in [0.29, 0.717) is 0 Å². The highest BCUT2D eigenvalue weighted by atomic mass is 127. The highest BCUT2D eigenvalue weighted by Crippen LogP contribution is 2.29. The maximum absolute atomic E-state index is 12.3. The molecule has 0 saturated heterocycles. The fraction of sp³-hybridized carbons (Fsp3) is 0.429. The van der Waals surface area contributed by atoms with E-state index < -0.39 is 17.5 Å². The quantitative estimate of drug-likeness (QED) is 0.358. The first-order valence-electron chi connectivity index (χ1n) is 6.69. The molecule has 0 spiro atoms. The molecule has 0 aliphatic heterocycles. The first-order chi connectivity index (χ1) is 10.5. The lowest BCUT2D eigenvalue weighted by atomic mass is 9.93. The molecule has 0 aliphatic rings. The Hall–Kier alpha value is -1.72. The molecule has 0 saturated carbocycles. The van der Waals surface area contributed by atoms with Gasteiger partial charge in [-0.05, 0) is 26.0 Å². The Morgan fingerprint density at radius 2 is 1.88 bits per heavy atom. The summed E-state index contributed by atoms with van der Waals surface area (Å²) in [5.41, 5.74) is 4.87. The van der Waals surface area contributed by atoms with Crippen molar-refractivity contribution in [1.29, 1.82) is 0 Å². The normalized spacial score (nSPS) is 12.2. The number of halogens is 4. The minimum absolute atomic E-state index is 0. The molecule has 6 nitrogen and oxygen atoms in total. The average Bonchev–Trinajstić information content (AvgIpc) is 2.45. The number of hydrogen-bond donors (Lipinski definition) is 3. The van der Waals surface area contributed by atoms with Crippen molar-refractivity contribution in [2.75, 3.05) is 18.9 Å². The fourth-order valence-electron chi connectivity index (χ4n) is 1.65. The molecule has 1 aromatic carbocycles. The summed E-state index contributed by atoms with van der Waals surface area (Å²) in [5, 5.41) is 5.03. The van der Waals surface area contributed by atoms with Gasteiger partial charge in [-0.3, -0.25) is 9.79 Å². The van der Waals surface area contributed by atoms with Gasteiger partial charge in [0.15, 0.2) is 11.7 Å². The molecule has 0 bridgehead atoms. The number of nitrogens with two attached hydrogens (primary N) is 1. The number of ether oxygens (including phenoxy) is 1. The van der Waals surface area contributed by atoms with E-state index in [1.807, 2.05) is 0 Å². The van der Waals surface area contributed by atoms with Crippen LogP contribution in [0.3, 0.4) is 0 Å². The van der Waals surface area contributed by atoms with Crippen molar-refractivity contribution >= 4 is 41.5 Å². The van der Waals surface area contributed by atoms with Gasteiger partial charge in [-0.15, -0.1) is 37.1 Å². The lowest BCUT2D eigenvalue weighted by Crippen LogP contribution is -2.37. The van der Waals surface area contributed by atoms with E-state index >= 15 is 0 Å². The highest BCUT2D eigenvalue weighted by Gasteiger charge is 2.32. The number of aliphatic imine (C=N–C) groups is 1. The van der Waals surface area contributed by atoms with Crippen LogP contribution in [-0.4, -0.2) is 31.8 Å². The van der Waals surface area contributed by atoms with Crippen LogP contribution in [-0.2, 0) is 4.79 Å². The largest absolute Gasteiger partial charge is 0.573 e. The van der Waals surface area contributed by atoms with E-state index in [4.69, 9.17) is 5.73 Å². The van der Waals surface area contributed by atoms with Crippen LogP contribution in [0.5, 0.6) is 5.75 Å². The van der Waals surface area contributed by atoms with Gasteiger partial charge >= 0.3 is 6.36 Å². The second kappa shape index (κ2) is 8.94. The zero-order valence-electron chi connectivity index (χ0n) is 13.4. The van der Waals surface area contributed by atoms with Gasteiger partial charge in [-0.2, -0.15) is 0 Å². The lowest BCUT2D eigenvalue weighted by molar-refractivity contribution is -0.274. The number of anilines is 1. The number of carbonyl (C=O) groups excluding carboxylic acids is 1. The van der Waals surface area contributed by atoms with Gasteiger partial charge < -0.3 is 21.1 Å². The number of hydrogen-bond acceptors (Lipinski definition) is 3. The molecule has 10 heteroatoms. The number of rotatable bonds is 5. The number of nitrogens with one attached hydrogen (secondary N) is 2. The van der Waals surface area contributed by atoms with E-state index in [1.165, 1.54) is 25.2 Å². The molecule has 0 aromatic heterocycles. The molecule has 0 heterocycles. The second-order valence-corrected chi connectivity index (χ2v) is 5.33. The van der Waals surface area contributed by atoms with Gasteiger partial charge in [0.05, 0.1) is 17.6 Å². The Bertz CT molecular complexity index is 592. The Morgan fingerprint density at radius 1 is 1.29 bits per heavy atom. The molecular formula is C14H20F3IN4O2. The van der Waals surface area contributed by atoms with Gasteiger partial charge in [-0.1, -0.05) is 12.1 Å². The lowest BCUT2D eigenvalue weighted by Gasteiger charge is -2.20. The summed E-state index contributed by atoms with van der Waals surface area (Å²) in [4.78, 5) is 15.6. The number of carbonyl (C=O) groups is 1. The summed E-state index contributed by atoms with van der Waals surface area (Å²) >= 11 is 0. The summed E-state index contributed by atoms with van der Waals surface area (Å²) in [5.74, 6) is -0.779. The summed E-state index contributed by atoms with van der Waals surface area (Å²) in [6.45, 7) is 3.40. The molecule has 0 radical (unpaired) electrons. The van der Waals surface area contributed by atoms with Crippen molar-refractivity contribution in [2.45, 2.75) is 20.2 Å². The molecule has 24 heavy (non-hydrogen) atoms. The maximum Gasteiger partial charge on any atom is 0.573 e. The van der Waals surface area contributed by atoms with Crippen molar-refractivity contribution in [3.63, 3.8) is 0 Å². The van der Waals surface area contributed by atoms with Gasteiger partial charge in [0.2, 0.25) is 5.91 Å². The maximum atomic E-state index is 12.3. The smallest absolute Gasteiger partial charge is 0.404 e. The first kappa shape index (κ1) is 22.3. The van der Waals surface area contributed by atoms with Crippen LogP contribution in [0.2, 0.25) is 0 Å². The van der Waals surface area contributed by atoms with Crippen molar-refractivity contribution < 1.29 is 22.7 Å². The number of amides is 1. The van der Waals surface area contributed by atoms with E-state index in [2.05, 4.69) is 20.4 Å². The van der Waals surface area contributed by atoms with Crippen LogP contribution in [0, 0.1) is 5.41 Å². The number of nitrogens with zero attached hydrogens (tertiary/aromatic N) is 1. The van der Waals surface area contributed by atoms with Crippen molar-refractivity contribution in [3.8, 4) is 5.75 Å². The molecule has 1 aromatic rings. The highest BCUT2D eigenvalue weighted by molar-refractivity contribution is 14.0. The molecule has 0 aliphatic carbocycles. The second-order valence-electron chi connectivity index (χ2n) is 5.33. The molecule has 0 atom stereocenters. The van der Waals surface area contributed by atoms with Crippen LogP contribution < -0.4 is 21.1 Å². The number of alkyl halides is 3. The SMILES string of the molecule is CNC(=O)C(C)(C)CN=C(N)Nc1ccccc1OC(F)(F)F.I. The summed E-state index contributed by atoms with van der Waals surface area (Å²) in [7, 11) is 1.50. The number of benzene rings is 1. The Balaban J connectivity index is 0.00000529. The molecule has 1 rings (SSSR count). The van der Waals surface area contributed by atoms with Crippen LogP contribution in [0.1, 0.15) is 13.8 Å². The Labute approximate surface area is 155 Å². The minimum atomic E-state index is -4.81. The van der Waals surface area contributed by atoms with Gasteiger partial charge in [0.25, 0.3) is 0 Å². The summed E-state index contributed by atoms with van der Waals surface area (Å²) in [6.07, 6.45) is -4.81. The molecular weight excluding hydrogens is 440 g/mol. The third kappa shape index (κ3) is 7.23. The third-order valence-corrected chi connectivity index (χ3v) is 2.86. The van der Waals surface area contributed by atoms with Gasteiger partial charge in [-0.25, -0.2) is 0 Å². The standard InChI is InChI=1S/C14H19F3N4O2.HI/c1-13(2,11(22)19-3)8-20-12(18)21-9-6-4-5-7-10(9)23-14(15,16)17;/h4-7H,8H2,1-3H3,(H,19,22)(H3,18,20,21);1H. The third-order valence-electron chi connectivity index (χ3n) is 2.86. The van der Waals surface area contributed by atoms with Crippen LogP contribution in [0.15, 0.2) is 29.3 Å². The fourth-order valence-corrected chi connectivity index (χ4v) is 1.65. The van der Waals surface area contributed by atoms with E-state index in [-0.39, 0.29) is 48.1 Å². The van der Waals surface area contributed by atoms with Crippen LogP contribution in [0.25, 0.3) is 0 Å². The van der Waals surface area contributed by atoms with Crippen molar-refractivity contribution in [2.24, 2.45) is 16.1 Å². The van der Waals surface area contributed by atoms with Crippen molar-refractivity contribution in [1.82, 2.24) is 5.32 Å². The first-order valence-corrected chi connectivity index (χ1v) is 6.69. The predicted molar refractivity (Wildman–Crippen MR) is 96.5 cm³/mol. The van der Waals surface area contributed by atoms with Crippen molar-refractivity contribution in [3.05, 3.63) is 24.3 Å². The number of para-hydroxylation sites is 2. The molecule has 0 fully saturated rings. The topological polar surface area (TPSA) is 88.7 Å². The Kier molecular flexibility index (Phi) is 8.30. The molecule has 136 valence electrons. The van der Waals surface area contributed by atoms with Gasteiger partial charge in [0.1, 0.15) is 0 Å². The summed E-state index contributed by atoms with van der Waals surface area (Å²) in [6, 6.07) is 5.44. The minimum Gasteiger partial charge on any atom is -0.404 e. The van der Waals surface area contributed by atoms with Crippen LogP contribution in [0.4, 0.5) is 18.9 Å². The number of guanidine groups is 1. The van der Waals surface area contributed by atoms with E-state index in [9.17, 15) is 18.0 Å². The zero-order valence-corrected chi connectivity index (χ0v) is 15.7. The molecule has 4 N–H and O–H groups in total.